The third-order valence-electron chi connectivity index (χ3n) is 16.3. The van der Waals surface area contributed by atoms with Gasteiger partial charge in [0.2, 0.25) is 0 Å². The Morgan fingerprint density at radius 1 is 0.639 bits per heavy atom. The number of benzene rings is 6. The van der Waals surface area contributed by atoms with Crippen LogP contribution >= 0.6 is 61.1 Å². The molecule has 0 aliphatic heterocycles. The zero-order valence-corrected chi connectivity index (χ0v) is 69.5. The number of unbranched alkanes of at least 4 members (excludes halogenated alkanes) is 3. The van der Waals surface area contributed by atoms with Crippen molar-refractivity contribution in [1.29, 1.82) is 0 Å². The third kappa shape index (κ3) is 25.8. The molecule has 108 heavy (non-hydrogen) atoms. The first-order valence-corrected chi connectivity index (χ1v) is 45.5. The number of hydrogen-bond acceptors (Lipinski definition) is 14. The molecule has 0 fully saturated rings. The minimum Gasteiger partial charge on any atom is -0.508 e. The molecule has 14 rings (SSSR count). The number of H-pyrrole nitrogens is 2. The molecule has 0 spiro atoms. The first-order valence-electron chi connectivity index (χ1n) is 33.7. The molecule has 6 aromatic carbocycles. The fraction of sp³-hybridized carbons (Fsp3) is 0.247. The van der Waals surface area contributed by atoms with Gasteiger partial charge in [0.25, 0.3) is 0 Å². The van der Waals surface area contributed by atoms with Crippen LogP contribution < -0.4 is 13.5 Å². The normalized spacial score (nSPS) is 11.0. The van der Waals surface area contributed by atoms with Gasteiger partial charge in [0.05, 0.1) is 62.6 Å². The summed E-state index contributed by atoms with van der Waals surface area (Å²) >= 11 is 5.20. The maximum absolute atomic E-state index is 13.5. The summed E-state index contributed by atoms with van der Waals surface area (Å²) in [6.07, 6.45) is 21.4. The van der Waals surface area contributed by atoms with E-state index >= 15 is 0 Å². The number of fused-ring (bicyclic) bond motifs is 6. The van der Waals surface area contributed by atoms with Crippen LogP contribution in [0.5, 0.6) is 11.5 Å². The van der Waals surface area contributed by atoms with E-state index in [-0.39, 0.29) is 35.2 Å². The molecule has 20 nitrogen and oxygen atoms in total. The van der Waals surface area contributed by atoms with E-state index < -0.39 is 46.9 Å². The number of phenols is 1. The fourth-order valence-corrected chi connectivity index (χ4v) is 28.3. The predicted octanol–water partition coefficient (Wildman–Crippen LogP) is 19.8. The average Bonchev–Trinajstić information content (AvgIpc) is 0.992. The van der Waals surface area contributed by atoms with Crippen molar-refractivity contribution in [3.8, 4) is 11.5 Å². The van der Waals surface area contributed by atoms with Crippen LogP contribution in [-0.2, 0) is 46.9 Å². The summed E-state index contributed by atoms with van der Waals surface area (Å²) in [5, 5.41) is 31.9. The van der Waals surface area contributed by atoms with Gasteiger partial charge in [-0.25, -0.2) is 29.0 Å². The second kappa shape index (κ2) is 42.5. The van der Waals surface area contributed by atoms with Gasteiger partial charge in [-0.3, -0.25) is 0 Å². The first-order chi connectivity index (χ1) is 51.6. The Morgan fingerprint density at radius 2 is 1.19 bits per heavy atom. The van der Waals surface area contributed by atoms with E-state index in [0.29, 0.717) is 34.5 Å². The zero-order valence-electron chi connectivity index (χ0n) is 60.0. The maximum Gasteiger partial charge on any atom is 0.534 e. The topological polar surface area (TPSA) is 251 Å². The monoisotopic (exact) mass is 1890 g/mol. The van der Waals surface area contributed by atoms with Crippen molar-refractivity contribution in [2.24, 2.45) is 14.1 Å². The van der Waals surface area contributed by atoms with Gasteiger partial charge in [-0.1, -0.05) is 18.2 Å². The van der Waals surface area contributed by atoms with Gasteiger partial charge in [0, 0.05) is 101 Å². The van der Waals surface area contributed by atoms with Crippen molar-refractivity contribution in [2.75, 3.05) is 14.2 Å². The molecule has 0 amide bonds. The number of imidazole rings is 2. The molecule has 31 heteroatoms. The van der Waals surface area contributed by atoms with Gasteiger partial charge in [0.15, 0.2) is 11.4 Å². The second-order valence-corrected chi connectivity index (χ2v) is 42.0. The number of rotatable bonds is 17. The van der Waals surface area contributed by atoms with E-state index in [2.05, 4.69) is 133 Å². The number of methoxy groups -OCH3 is 2. The molecule has 0 radical (unpaired) electrons. The number of halogens is 8. The molecule has 566 valence electrons. The zero-order chi connectivity index (χ0) is 78.6. The summed E-state index contributed by atoms with van der Waals surface area (Å²) in [6.45, 7) is 21.1. The van der Waals surface area contributed by atoms with E-state index in [9.17, 15) is 35.5 Å². The maximum atomic E-state index is 13.5. The molecular weight excluding hydrogens is 1820 g/mol. The average molecular weight is 1890 g/mol. The minimum absolute atomic E-state index is 0.0687. The Balaban J connectivity index is 0.000000176. The van der Waals surface area contributed by atoms with Crippen LogP contribution in [0.3, 0.4) is 0 Å². The van der Waals surface area contributed by atoms with Crippen LogP contribution in [0.25, 0.3) is 75.2 Å². The van der Waals surface area contributed by atoms with Gasteiger partial charge in [-0.2, -0.15) is 21.6 Å². The number of aromatic nitrogens is 8. The van der Waals surface area contributed by atoms with Crippen molar-refractivity contribution in [3.05, 3.63) is 247 Å². The SMILES string of the molecule is CCC[CH2][Sn]([CH2]CCC)([CH2]CCC)[c]1ccc2cc(F)ccc2n1.COCc1cc(O)cc2occc12.COCc1cc(OS(=O)(=O)C(F)(F)F)cc2occc12.Cn1cnc(B(O)O)c1.Cn1cnc(I)c1.Fc1ccc2nc(Br)ccc2c1.[C-]#[N+]c1ccc2[nH]cc(I)c2c1.[C-]#[N+]c1ccc2[nH]ccc2c1. The van der Waals surface area contributed by atoms with E-state index in [1.165, 1.54) is 87.4 Å². The van der Waals surface area contributed by atoms with Gasteiger partial charge < -0.3 is 56.7 Å². The number of aromatic amines is 2. The largest absolute Gasteiger partial charge is 0.534 e. The minimum atomic E-state index is -5.72. The summed E-state index contributed by atoms with van der Waals surface area (Å²) in [6, 6.07) is 39.7. The molecule has 0 bridgehead atoms. The van der Waals surface area contributed by atoms with Crippen molar-refractivity contribution in [1.82, 2.24) is 39.0 Å². The number of nitrogens with zero attached hydrogens (tertiary/aromatic N) is 8. The van der Waals surface area contributed by atoms with Crippen LogP contribution in [-0.4, -0.2) is 108 Å². The third-order valence-corrected chi connectivity index (χ3v) is 34.3. The number of ether oxygens (including phenoxy) is 2. The Morgan fingerprint density at radius 3 is 1.69 bits per heavy atom. The van der Waals surface area contributed by atoms with Gasteiger partial charge in [-0.05, 0) is 156 Å². The van der Waals surface area contributed by atoms with E-state index in [4.69, 9.17) is 46.5 Å². The fourth-order valence-electron chi connectivity index (χ4n) is 11.0. The molecule has 8 aromatic heterocycles. The Bertz CT molecular complexity index is 5340. The van der Waals surface area contributed by atoms with E-state index in [0.717, 1.165) is 78.6 Å². The van der Waals surface area contributed by atoms with E-state index in [1.807, 2.05) is 90.9 Å². The molecular formula is C77H79BBrF5I2N10O10SSn. The smallest absolute Gasteiger partial charge is 0.508 e. The van der Waals surface area contributed by atoms with Crippen molar-refractivity contribution < 1.29 is 68.0 Å². The molecule has 0 saturated heterocycles. The van der Waals surface area contributed by atoms with Crippen molar-refractivity contribution >= 4 is 183 Å². The van der Waals surface area contributed by atoms with Gasteiger partial charge >= 0.3 is 174 Å². The Labute approximate surface area is 662 Å². The standard InChI is InChI=1S/C11H9F3O5S.C10H10O3.C9H5BrFN.C9H5FN.C9H5IN2.C9H6N2.C4H7BN2O2.C4H5IN2.3C4H9.Sn/c1-17-6-7-4-8(5-10-9(7)2-3-18-10)19-20(15,16)11(12,13)14;1-12-6-7-4-8(11)5-10-9(7)2-3-13-10;10-9-4-1-6-5-7(11)2-3-8(6)12-9;10-8-3-4-9-7(6-8)2-1-5-11-9;1-11-6-2-3-9-7(4-6)8(10)5-12-9;1-10-8-2-3-9-7(6-8)4-5-11-9;1-7-2-4(5(8)9)6-3-7;1-7-2-4(5)6-3-7;3*1-3-4-2;/h2-5H,6H2,1H3;2-5,11H,6H2,1H3;1-5H;1-4,6H;2-5,12H;2-6,11H;2-3,8-9H,1H3;2-3H,1H3;3*1,3-4H2,2H3;. The number of nitrogens with one attached hydrogen (secondary N) is 2. The number of aryl methyl sites for hydroxylation is 2. The van der Waals surface area contributed by atoms with Crippen LogP contribution in [0.2, 0.25) is 13.3 Å². The Kier molecular flexibility index (Phi) is 34.1. The van der Waals surface area contributed by atoms with Crippen molar-refractivity contribution in [3.63, 3.8) is 0 Å². The van der Waals surface area contributed by atoms with Gasteiger partial charge in [-0.15, -0.1) is 0 Å². The number of hydrogen-bond donors (Lipinski definition) is 5. The summed E-state index contributed by atoms with van der Waals surface area (Å²) < 4.78 is 121. The summed E-state index contributed by atoms with van der Waals surface area (Å²) in [4.78, 5) is 29.8. The number of furan rings is 2. The van der Waals surface area contributed by atoms with E-state index in [1.54, 1.807) is 80.0 Å². The molecule has 0 unspecified atom stereocenters. The molecule has 0 saturated carbocycles. The molecule has 0 aliphatic carbocycles. The predicted molar refractivity (Wildman–Crippen MR) is 438 cm³/mol. The number of alkyl halides is 3. The first kappa shape index (κ1) is 86.8. The molecule has 14 aromatic rings. The second-order valence-electron chi connectivity index (χ2n) is 24.3. The summed E-state index contributed by atoms with van der Waals surface area (Å²) in [7, 11) is -0.437. The summed E-state index contributed by atoms with van der Waals surface area (Å²) in [5.41, 5.74) is 2.38. The van der Waals surface area contributed by atoms with Crippen LogP contribution in [0.15, 0.2) is 203 Å². The van der Waals surface area contributed by atoms with Gasteiger partial charge in [0.1, 0.15) is 36.8 Å². The molecule has 5 N–H and O–H groups in total. The van der Waals surface area contributed by atoms with Crippen LogP contribution in [0, 0.1) is 32.0 Å². The Hall–Kier alpha value is -8.46. The number of phenolic OH excluding ortho intramolecular Hbond substituents is 1. The molecule has 0 atom stereocenters. The molecule has 8 heterocycles. The van der Waals surface area contributed by atoms with Crippen molar-refractivity contribution in [2.45, 2.75) is 91.3 Å². The molecule has 0 aliphatic rings. The van der Waals surface area contributed by atoms with Crippen LogP contribution in [0.1, 0.15) is 70.4 Å². The quantitative estimate of drug-likeness (QED) is 0.0108. The number of pyridine rings is 2. The van der Waals surface area contributed by atoms with Crippen LogP contribution in [0.4, 0.5) is 33.3 Å². The number of aromatic hydroxyl groups is 1. The summed E-state index contributed by atoms with van der Waals surface area (Å²) in [5.74, 6) is -0.687.